The number of carbonyl (C=O) groups excluding carboxylic acids is 1. The van der Waals surface area contributed by atoms with Crippen molar-refractivity contribution in [2.45, 2.75) is 45.6 Å². The molecule has 0 fully saturated rings. The van der Waals surface area contributed by atoms with Gasteiger partial charge in [-0.3, -0.25) is 4.79 Å². The fourth-order valence-corrected chi connectivity index (χ4v) is 1.25. The van der Waals surface area contributed by atoms with E-state index in [-0.39, 0.29) is 23.9 Å². The van der Waals surface area contributed by atoms with Gasteiger partial charge in [0.2, 0.25) is 0 Å². The van der Waals surface area contributed by atoms with Gasteiger partial charge in [0, 0.05) is 13.0 Å². The molecule has 0 amide bonds. The molecule has 0 aromatic carbocycles. The highest BCUT2D eigenvalue weighted by molar-refractivity contribution is 5.81. The molecule has 0 saturated carbocycles. The third-order valence-electron chi connectivity index (χ3n) is 2.67. The lowest BCUT2D eigenvalue weighted by Gasteiger charge is -2.23. The number of carbonyl (C=O) groups is 1. The van der Waals surface area contributed by atoms with Gasteiger partial charge >= 0.3 is 0 Å². The van der Waals surface area contributed by atoms with Crippen LogP contribution in [0.25, 0.3) is 0 Å². The van der Waals surface area contributed by atoms with Crippen molar-refractivity contribution in [3.63, 3.8) is 0 Å². The predicted octanol–water partition coefficient (Wildman–Crippen LogP) is 1.78. The topological polar surface area (TPSA) is 46.5 Å². The molecule has 14 heavy (non-hydrogen) atoms. The first-order valence-electron chi connectivity index (χ1n) is 5.11. The van der Waals surface area contributed by atoms with Crippen LogP contribution in [0, 0.1) is 5.92 Å². The maximum absolute atomic E-state index is 11.1. The van der Waals surface area contributed by atoms with Gasteiger partial charge in [-0.1, -0.05) is 6.92 Å². The van der Waals surface area contributed by atoms with Crippen LogP contribution < -0.4 is 0 Å². The van der Waals surface area contributed by atoms with E-state index in [1.54, 1.807) is 7.11 Å². The Balaban J connectivity index is 3.69. The molecule has 1 unspecified atom stereocenters. The summed E-state index contributed by atoms with van der Waals surface area (Å²) in [6.45, 7) is 5.59. The van der Waals surface area contributed by atoms with E-state index in [2.05, 4.69) is 0 Å². The average molecular weight is 202 g/mol. The molecular weight excluding hydrogens is 180 g/mol. The summed E-state index contributed by atoms with van der Waals surface area (Å²) < 4.78 is 5.27. The predicted molar refractivity (Wildman–Crippen MR) is 56.2 cm³/mol. The molecule has 0 aromatic rings. The standard InChI is InChI=1S/C11H22O3/c1-9(10(13)8-12)6-5-7-11(2,3)14-4/h9,12H,5-8H2,1-4H3. The second-order valence-electron chi connectivity index (χ2n) is 4.38. The maximum Gasteiger partial charge on any atom is 0.160 e. The number of Topliss-reactive ketones (excluding diaryl/α,β-unsaturated/α-hetero) is 1. The number of methoxy groups -OCH3 is 1. The first-order valence-corrected chi connectivity index (χ1v) is 5.11. The Labute approximate surface area is 86.5 Å². The fraction of sp³-hybridized carbons (Fsp3) is 0.909. The second-order valence-corrected chi connectivity index (χ2v) is 4.38. The van der Waals surface area contributed by atoms with Gasteiger partial charge in [0.15, 0.2) is 5.78 Å². The van der Waals surface area contributed by atoms with Crippen LogP contribution in [0.4, 0.5) is 0 Å². The van der Waals surface area contributed by atoms with Crippen molar-refractivity contribution in [3.05, 3.63) is 0 Å². The van der Waals surface area contributed by atoms with Crippen molar-refractivity contribution in [2.75, 3.05) is 13.7 Å². The van der Waals surface area contributed by atoms with Gasteiger partial charge in [-0.15, -0.1) is 0 Å². The molecule has 0 radical (unpaired) electrons. The van der Waals surface area contributed by atoms with Crippen LogP contribution in [0.3, 0.4) is 0 Å². The number of ether oxygens (including phenoxy) is 1. The molecular formula is C11H22O3. The SMILES string of the molecule is COC(C)(C)CCCC(C)C(=O)CO. The minimum atomic E-state index is -0.338. The van der Waals surface area contributed by atoms with Crippen LogP contribution in [0.15, 0.2) is 0 Å². The Kier molecular flexibility index (Phi) is 5.96. The minimum absolute atomic E-state index is 0.0346. The van der Waals surface area contributed by atoms with Gasteiger partial charge in [0.1, 0.15) is 6.61 Å². The van der Waals surface area contributed by atoms with Crippen LogP contribution in [0.1, 0.15) is 40.0 Å². The quantitative estimate of drug-likeness (QED) is 0.684. The lowest BCUT2D eigenvalue weighted by Crippen LogP contribution is -2.23. The number of hydrogen-bond acceptors (Lipinski definition) is 3. The summed E-state index contributed by atoms with van der Waals surface area (Å²) in [5, 5.41) is 8.64. The molecule has 1 atom stereocenters. The largest absolute Gasteiger partial charge is 0.389 e. The molecule has 0 heterocycles. The third-order valence-corrected chi connectivity index (χ3v) is 2.67. The molecule has 3 nitrogen and oxygen atoms in total. The van der Waals surface area contributed by atoms with Crippen LogP contribution in [-0.2, 0) is 9.53 Å². The Morgan fingerprint density at radius 2 is 2.07 bits per heavy atom. The summed E-state index contributed by atoms with van der Waals surface area (Å²) in [6, 6.07) is 0. The molecule has 1 N–H and O–H groups in total. The molecule has 3 heteroatoms. The van der Waals surface area contributed by atoms with E-state index in [0.717, 1.165) is 19.3 Å². The van der Waals surface area contributed by atoms with Gasteiger partial charge in [-0.25, -0.2) is 0 Å². The third kappa shape index (κ3) is 5.35. The normalized spacial score (nSPS) is 14.1. The zero-order valence-corrected chi connectivity index (χ0v) is 9.67. The highest BCUT2D eigenvalue weighted by atomic mass is 16.5. The number of ketones is 1. The van der Waals surface area contributed by atoms with E-state index in [1.807, 2.05) is 20.8 Å². The Morgan fingerprint density at radius 1 is 1.50 bits per heavy atom. The van der Waals surface area contributed by atoms with Crippen molar-refractivity contribution >= 4 is 5.78 Å². The summed E-state index contributed by atoms with van der Waals surface area (Å²) in [5.74, 6) is -0.104. The monoisotopic (exact) mass is 202 g/mol. The van der Waals surface area contributed by atoms with Crippen molar-refractivity contribution < 1.29 is 14.6 Å². The van der Waals surface area contributed by atoms with Crippen LogP contribution in [0.2, 0.25) is 0 Å². The van der Waals surface area contributed by atoms with Crippen LogP contribution in [0.5, 0.6) is 0 Å². The Hall–Kier alpha value is -0.410. The van der Waals surface area contributed by atoms with Crippen LogP contribution in [-0.4, -0.2) is 30.2 Å². The van der Waals surface area contributed by atoms with Crippen molar-refractivity contribution in [1.29, 1.82) is 0 Å². The highest BCUT2D eigenvalue weighted by Gasteiger charge is 2.17. The first-order chi connectivity index (χ1) is 6.43. The van der Waals surface area contributed by atoms with Crippen molar-refractivity contribution in [2.24, 2.45) is 5.92 Å². The van der Waals surface area contributed by atoms with Gasteiger partial charge in [-0.05, 0) is 33.1 Å². The summed E-state index contributed by atoms with van der Waals surface area (Å²) in [6.07, 6.45) is 2.71. The van der Waals surface area contributed by atoms with E-state index in [9.17, 15) is 4.79 Å². The highest BCUT2D eigenvalue weighted by Crippen LogP contribution is 2.19. The first kappa shape index (κ1) is 13.6. The summed E-state index contributed by atoms with van der Waals surface area (Å²) >= 11 is 0. The van der Waals surface area contributed by atoms with E-state index >= 15 is 0 Å². The van der Waals surface area contributed by atoms with E-state index in [4.69, 9.17) is 9.84 Å². The Morgan fingerprint density at radius 3 is 2.50 bits per heavy atom. The molecule has 0 aliphatic rings. The van der Waals surface area contributed by atoms with Gasteiger partial charge in [0.25, 0.3) is 0 Å². The van der Waals surface area contributed by atoms with E-state index < -0.39 is 0 Å². The van der Waals surface area contributed by atoms with Crippen molar-refractivity contribution in [1.82, 2.24) is 0 Å². The lowest BCUT2D eigenvalue weighted by atomic mass is 9.94. The van der Waals surface area contributed by atoms with Crippen molar-refractivity contribution in [3.8, 4) is 0 Å². The molecule has 0 rings (SSSR count). The molecule has 84 valence electrons. The summed E-state index contributed by atoms with van der Waals surface area (Å²) in [7, 11) is 1.70. The Bertz CT molecular complexity index is 175. The number of aliphatic hydroxyl groups is 1. The fourth-order valence-electron chi connectivity index (χ4n) is 1.25. The second kappa shape index (κ2) is 6.14. The van der Waals surface area contributed by atoms with E-state index in [0.29, 0.717) is 0 Å². The maximum atomic E-state index is 11.1. The molecule has 0 spiro atoms. The summed E-state index contributed by atoms with van der Waals surface area (Å²) in [5.41, 5.74) is -0.109. The lowest BCUT2D eigenvalue weighted by molar-refractivity contribution is -0.125. The smallest absolute Gasteiger partial charge is 0.160 e. The van der Waals surface area contributed by atoms with Gasteiger partial charge < -0.3 is 9.84 Å². The zero-order valence-electron chi connectivity index (χ0n) is 9.67. The molecule has 0 aromatic heterocycles. The van der Waals surface area contributed by atoms with E-state index in [1.165, 1.54) is 0 Å². The molecule has 0 aliphatic heterocycles. The number of rotatable bonds is 7. The van der Waals surface area contributed by atoms with Gasteiger partial charge in [-0.2, -0.15) is 0 Å². The average Bonchev–Trinajstić information content (AvgIpc) is 2.16. The molecule has 0 bridgehead atoms. The van der Waals surface area contributed by atoms with Crippen LogP contribution >= 0.6 is 0 Å². The minimum Gasteiger partial charge on any atom is -0.389 e. The summed E-state index contributed by atoms with van der Waals surface area (Å²) in [4.78, 5) is 11.1. The number of hydrogen-bond donors (Lipinski definition) is 1. The number of aliphatic hydroxyl groups excluding tert-OH is 1. The zero-order chi connectivity index (χ0) is 11.2. The van der Waals surface area contributed by atoms with Gasteiger partial charge in [0.05, 0.1) is 5.60 Å². The molecule has 0 aliphatic carbocycles. The molecule has 0 saturated heterocycles.